The van der Waals surface area contributed by atoms with Crippen LogP contribution >= 0.6 is 0 Å². The Morgan fingerprint density at radius 1 is 1.05 bits per heavy atom. The summed E-state index contributed by atoms with van der Waals surface area (Å²) in [7, 11) is 0. The summed E-state index contributed by atoms with van der Waals surface area (Å²) < 4.78 is 5.56. The summed E-state index contributed by atoms with van der Waals surface area (Å²) in [6, 6.07) is 6.56. The Bertz CT molecular complexity index is 613. The Morgan fingerprint density at radius 3 is 2.52 bits per heavy atom. The van der Waals surface area contributed by atoms with Gasteiger partial charge in [-0.05, 0) is 44.4 Å². The zero-order valence-corrected chi connectivity index (χ0v) is 13.1. The number of aryl methyl sites for hydroxylation is 2. The first-order chi connectivity index (χ1) is 10.1. The molecular weight excluding hydrogens is 264 g/mol. The van der Waals surface area contributed by atoms with Crippen LogP contribution in [0.2, 0.25) is 0 Å². The molecule has 5 nitrogen and oxygen atoms in total. The molecule has 0 bridgehead atoms. The van der Waals surface area contributed by atoms with Gasteiger partial charge >= 0.3 is 6.01 Å². The van der Waals surface area contributed by atoms with E-state index in [4.69, 9.17) is 4.74 Å². The molecule has 0 atom stereocenters. The average Bonchev–Trinajstić information content (AvgIpc) is 2.48. The van der Waals surface area contributed by atoms with Crippen molar-refractivity contribution in [2.24, 2.45) is 0 Å². The zero-order valence-electron chi connectivity index (χ0n) is 13.1. The van der Waals surface area contributed by atoms with Gasteiger partial charge < -0.3 is 10.1 Å². The molecule has 5 heteroatoms. The van der Waals surface area contributed by atoms with E-state index in [9.17, 15) is 0 Å². The van der Waals surface area contributed by atoms with E-state index in [2.05, 4.69) is 53.2 Å². The third-order valence-corrected chi connectivity index (χ3v) is 3.15. The topological polar surface area (TPSA) is 59.9 Å². The predicted molar refractivity (Wildman–Crippen MR) is 84.7 cm³/mol. The third kappa shape index (κ3) is 3.90. The van der Waals surface area contributed by atoms with Crippen molar-refractivity contribution in [1.82, 2.24) is 15.0 Å². The number of nitrogens with zero attached hydrogens (tertiary/aromatic N) is 3. The number of ether oxygens (including phenoxy) is 1. The summed E-state index contributed by atoms with van der Waals surface area (Å²) in [6.45, 7) is 9.58. The van der Waals surface area contributed by atoms with Crippen LogP contribution in [0.15, 0.2) is 18.2 Å². The van der Waals surface area contributed by atoms with Gasteiger partial charge in [-0.15, -0.1) is 0 Å². The summed E-state index contributed by atoms with van der Waals surface area (Å²) in [4.78, 5) is 13.1. The number of anilines is 1. The molecule has 112 valence electrons. The van der Waals surface area contributed by atoms with Gasteiger partial charge in [-0.25, -0.2) is 0 Å². The highest BCUT2D eigenvalue weighted by Gasteiger charge is 2.10. The summed E-state index contributed by atoms with van der Waals surface area (Å²) in [5.74, 6) is 1.18. The van der Waals surface area contributed by atoms with Gasteiger partial charge in [0.1, 0.15) is 0 Å². The summed E-state index contributed by atoms with van der Waals surface area (Å²) in [6.07, 6.45) is 0.918. The van der Waals surface area contributed by atoms with Crippen molar-refractivity contribution < 1.29 is 4.74 Å². The normalized spacial score (nSPS) is 10.5. The molecule has 1 aromatic carbocycles. The Hall–Kier alpha value is -2.17. The molecule has 0 aliphatic carbocycles. The Morgan fingerprint density at radius 2 is 1.86 bits per heavy atom. The van der Waals surface area contributed by atoms with Crippen LogP contribution in [0.25, 0.3) is 11.4 Å². The van der Waals surface area contributed by atoms with Crippen LogP contribution in [0.4, 0.5) is 5.95 Å². The maximum atomic E-state index is 5.56. The van der Waals surface area contributed by atoms with Crippen LogP contribution in [0, 0.1) is 13.8 Å². The predicted octanol–water partition coefficient (Wildman–Crippen LogP) is 3.38. The van der Waals surface area contributed by atoms with Gasteiger partial charge in [-0.3, -0.25) is 0 Å². The molecule has 21 heavy (non-hydrogen) atoms. The first-order valence-corrected chi connectivity index (χ1v) is 7.34. The lowest BCUT2D eigenvalue weighted by Gasteiger charge is -2.09. The van der Waals surface area contributed by atoms with E-state index in [1.54, 1.807) is 0 Å². The minimum absolute atomic E-state index is 0.371. The minimum atomic E-state index is 0.371. The zero-order chi connectivity index (χ0) is 15.2. The number of hydrogen-bond acceptors (Lipinski definition) is 5. The average molecular weight is 286 g/mol. The fraction of sp³-hybridized carbons (Fsp3) is 0.438. The monoisotopic (exact) mass is 286 g/mol. The molecule has 0 spiro atoms. The number of benzene rings is 1. The quantitative estimate of drug-likeness (QED) is 0.882. The number of aromatic nitrogens is 3. The molecule has 1 N–H and O–H groups in total. The van der Waals surface area contributed by atoms with Gasteiger partial charge in [0.2, 0.25) is 5.95 Å². The third-order valence-electron chi connectivity index (χ3n) is 3.15. The SMILES string of the molecule is CCCOc1nc(NCC)nc(-c2ccc(C)c(C)c2)n1. The lowest BCUT2D eigenvalue weighted by Crippen LogP contribution is -2.08. The molecule has 2 rings (SSSR count). The second-order valence-corrected chi connectivity index (χ2v) is 4.94. The van der Waals surface area contributed by atoms with Gasteiger partial charge in [0.05, 0.1) is 6.61 Å². The molecule has 1 aromatic heterocycles. The highest BCUT2D eigenvalue weighted by Crippen LogP contribution is 2.21. The molecule has 0 saturated carbocycles. The van der Waals surface area contributed by atoms with Crippen LogP contribution in [0.3, 0.4) is 0 Å². The van der Waals surface area contributed by atoms with Crippen LogP contribution in [0.5, 0.6) is 6.01 Å². The number of nitrogens with one attached hydrogen (secondary N) is 1. The van der Waals surface area contributed by atoms with E-state index in [0.717, 1.165) is 18.5 Å². The standard InChI is InChI=1S/C16H22N4O/c1-5-9-21-16-19-14(18-15(20-16)17-6-2)13-8-7-11(3)12(4)10-13/h7-8,10H,5-6,9H2,1-4H3,(H,17,18,19,20). The van der Waals surface area contributed by atoms with E-state index in [-0.39, 0.29) is 0 Å². The maximum Gasteiger partial charge on any atom is 0.321 e. The molecule has 0 saturated heterocycles. The molecule has 1 heterocycles. The molecule has 0 unspecified atom stereocenters. The van der Waals surface area contributed by atoms with Crippen molar-refractivity contribution in [3.05, 3.63) is 29.3 Å². The summed E-state index contributed by atoms with van der Waals surface area (Å²) >= 11 is 0. The van der Waals surface area contributed by atoms with E-state index in [1.807, 2.05) is 13.0 Å². The van der Waals surface area contributed by atoms with Crippen LogP contribution in [0.1, 0.15) is 31.4 Å². The summed E-state index contributed by atoms with van der Waals surface area (Å²) in [5.41, 5.74) is 3.44. The second kappa shape index (κ2) is 7.02. The largest absolute Gasteiger partial charge is 0.463 e. The first kappa shape index (κ1) is 15.2. The van der Waals surface area contributed by atoms with Gasteiger partial charge in [0.15, 0.2) is 5.82 Å². The van der Waals surface area contributed by atoms with E-state index in [1.165, 1.54) is 11.1 Å². The van der Waals surface area contributed by atoms with E-state index >= 15 is 0 Å². The highest BCUT2D eigenvalue weighted by atomic mass is 16.5. The molecular formula is C16H22N4O. The van der Waals surface area contributed by atoms with Crippen molar-refractivity contribution in [3.8, 4) is 17.4 Å². The smallest absolute Gasteiger partial charge is 0.321 e. The van der Waals surface area contributed by atoms with Crippen molar-refractivity contribution in [2.45, 2.75) is 34.1 Å². The Labute approximate surface area is 125 Å². The fourth-order valence-corrected chi connectivity index (χ4v) is 1.86. The second-order valence-electron chi connectivity index (χ2n) is 4.94. The number of hydrogen-bond donors (Lipinski definition) is 1. The van der Waals surface area contributed by atoms with Crippen molar-refractivity contribution in [1.29, 1.82) is 0 Å². The van der Waals surface area contributed by atoms with Gasteiger partial charge in [0.25, 0.3) is 0 Å². The molecule has 0 aliphatic heterocycles. The molecule has 0 fully saturated rings. The van der Waals surface area contributed by atoms with Crippen molar-refractivity contribution >= 4 is 5.95 Å². The lowest BCUT2D eigenvalue weighted by molar-refractivity contribution is 0.292. The van der Waals surface area contributed by atoms with E-state index in [0.29, 0.717) is 24.4 Å². The molecule has 0 amide bonds. The van der Waals surface area contributed by atoms with Gasteiger partial charge in [-0.2, -0.15) is 15.0 Å². The maximum absolute atomic E-state index is 5.56. The summed E-state index contributed by atoms with van der Waals surface area (Å²) in [5, 5.41) is 3.12. The fourth-order valence-electron chi connectivity index (χ4n) is 1.86. The van der Waals surface area contributed by atoms with Gasteiger partial charge in [-0.1, -0.05) is 19.1 Å². The molecule has 0 radical (unpaired) electrons. The lowest BCUT2D eigenvalue weighted by atomic mass is 10.1. The molecule has 0 aliphatic rings. The van der Waals surface area contributed by atoms with Crippen molar-refractivity contribution in [2.75, 3.05) is 18.5 Å². The van der Waals surface area contributed by atoms with Crippen LogP contribution < -0.4 is 10.1 Å². The van der Waals surface area contributed by atoms with Crippen LogP contribution in [-0.2, 0) is 0 Å². The van der Waals surface area contributed by atoms with Crippen molar-refractivity contribution in [3.63, 3.8) is 0 Å². The first-order valence-electron chi connectivity index (χ1n) is 7.34. The Kier molecular flexibility index (Phi) is 5.09. The highest BCUT2D eigenvalue weighted by molar-refractivity contribution is 5.58. The van der Waals surface area contributed by atoms with E-state index < -0.39 is 0 Å². The molecule has 2 aromatic rings. The van der Waals surface area contributed by atoms with Gasteiger partial charge in [0, 0.05) is 12.1 Å². The number of rotatable bonds is 6. The minimum Gasteiger partial charge on any atom is -0.463 e. The Balaban J connectivity index is 2.40. The van der Waals surface area contributed by atoms with Crippen LogP contribution in [-0.4, -0.2) is 28.1 Å².